The first-order chi connectivity index (χ1) is 13.8. The third-order valence-corrected chi connectivity index (χ3v) is 5.85. The zero-order valence-electron chi connectivity index (χ0n) is 16.6. The zero-order valence-corrected chi connectivity index (χ0v) is 18.1. The normalized spacial score (nSPS) is 10.7. The Labute approximate surface area is 178 Å². The van der Waals surface area contributed by atoms with E-state index in [0.29, 0.717) is 16.3 Å². The van der Waals surface area contributed by atoms with Crippen molar-refractivity contribution >= 4 is 40.2 Å². The zero-order chi connectivity index (χ0) is 21.1. The van der Waals surface area contributed by atoms with Crippen molar-refractivity contribution in [3.05, 3.63) is 70.5 Å². The molecule has 0 radical (unpaired) electrons. The molecule has 1 N–H and O–H groups in total. The maximum absolute atomic E-state index is 12.5. The second-order valence-corrected chi connectivity index (χ2v) is 8.09. The molecule has 3 rings (SSSR count). The number of hydrogen-bond acceptors (Lipinski definition) is 4. The van der Waals surface area contributed by atoms with Crippen molar-refractivity contribution in [2.24, 2.45) is 0 Å². The lowest BCUT2D eigenvalue weighted by Gasteiger charge is -2.10. The lowest BCUT2D eigenvalue weighted by molar-refractivity contribution is 0.102. The Morgan fingerprint density at radius 3 is 2.17 bits per heavy atom. The van der Waals surface area contributed by atoms with Gasteiger partial charge in [-0.15, -0.1) is 0 Å². The summed E-state index contributed by atoms with van der Waals surface area (Å²) in [5.74, 6) is -0.215. The lowest BCUT2D eigenvalue weighted by Crippen LogP contribution is -2.16. The van der Waals surface area contributed by atoms with Crippen LogP contribution in [0.4, 0.5) is 10.5 Å². The predicted octanol–water partition coefficient (Wildman–Crippen LogP) is 5.17. The molecule has 1 aromatic heterocycles. The molecule has 0 spiro atoms. The molecular formula is C21H21ClN4O2S. The van der Waals surface area contributed by atoms with Crippen molar-refractivity contribution in [1.29, 1.82) is 0 Å². The fourth-order valence-corrected chi connectivity index (χ4v) is 3.40. The largest absolute Gasteiger partial charge is 0.339 e. The fourth-order valence-electron chi connectivity index (χ4n) is 2.63. The number of anilines is 1. The van der Waals surface area contributed by atoms with Crippen LogP contribution in [0.2, 0.25) is 5.02 Å². The molecule has 0 aliphatic rings. The molecule has 29 heavy (non-hydrogen) atoms. The van der Waals surface area contributed by atoms with Gasteiger partial charge in [0.1, 0.15) is 0 Å². The minimum atomic E-state index is -0.215. The number of carbonyl (C=O) groups is 2. The highest BCUT2D eigenvalue weighted by atomic mass is 35.5. The second-order valence-electron chi connectivity index (χ2n) is 6.68. The Bertz CT molecular complexity index is 1040. The van der Waals surface area contributed by atoms with Gasteiger partial charge < -0.3 is 10.2 Å². The molecule has 3 aromatic rings. The molecule has 0 saturated heterocycles. The van der Waals surface area contributed by atoms with E-state index in [4.69, 9.17) is 11.6 Å². The van der Waals surface area contributed by atoms with E-state index in [0.717, 1.165) is 33.7 Å². The fraction of sp³-hybridized carbons (Fsp3) is 0.190. The molecule has 0 atom stereocenters. The average molecular weight is 429 g/mol. The van der Waals surface area contributed by atoms with Crippen molar-refractivity contribution in [2.75, 3.05) is 19.4 Å². The molecule has 0 aliphatic carbocycles. The number of thioether (sulfide) groups is 1. The summed E-state index contributed by atoms with van der Waals surface area (Å²) in [7, 11) is 3.41. The van der Waals surface area contributed by atoms with E-state index < -0.39 is 0 Å². The number of benzene rings is 2. The third-order valence-electron chi connectivity index (χ3n) is 4.26. The number of aromatic nitrogens is 2. The van der Waals surface area contributed by atoms with Crippen LogP contribution >= 0.6 is 23.4 Å². The summed E-state index contributed by atoms with van der Waals surface area (Å²) in [5, 5.41) is 7.86. The van der Waals surface area contributed by atoms with Crippen LogP contribution in [0.25, 0.3) is 5.69 Å². The van der Waals surface area contributed by atoms with Crippen molar-refractivity contribution in [3.63, 3.8) is 0 Å². The van der Waals surface area contributed by atoms with Gasteiger partial charge in [0, 0.05) is 30.2 Å². The number of nitrogens with one attached hydrogen (secondary N) is 1. The second kappa shape index (κ2) is 8.71. The Morgan fingerprint density at radius 2 is 1.66 bits per heavy atom. The average Bonchev–Trinajstić information content (AvgIpc) is 2.96. The van der Waals surface area contributed by atoms with Crippen molar-refractivity contribution in [2.45, 2.75) is 18.7 Å². The Morgan fingerprint density at radius 1 is 1.03 bits per heavy atom. The minimum Gasteiger partial charge on any atom is -0.339 e. The van der Waals surface area contributed by atoms with Crippen LogP contribution in [-0.2, 0) is 0 Å². The minimum absolute atomic E-state index is 0.0502. The number of nitrogens with zero attached hydrogens (tertiary/aromatic N) is 3. The molecule has 1 heterocycles. The van der Waals surface area contributed by atoms with Gasteiger partial charge in [0.15, 0.2) is 0 Å². The van der Waals surface area contributed by atoms with Gasteiger partial charge in [0.2, 0.25) is 0 Å². The SMILES string of the molecule is Cc1nn(-c2ccc(C(=O)Nc3ccc(SC(=O)N(C)C)cc3)cc2)c(C)c1Cl. The first-order valence-electron chi connectivity index (χ1n) is 8.89. The molecular weight excluding hydrogens is 408 g/mol. The van der Waals surface area contributed by atoms with Gasteiger partial charge in [-0.3, -0.25) is 9.59 Å². The van der Waals surface area contributed by atoms with Gasteiger partial charge in [0.05, 0.1) is 22.1 Å². The maximum Gasteiger partial charge on any atom is 0.285 e. The molecule has 0 unspecified atom stereocenters. The Hall–Kier alpha value is -2.77. The molecule has 0 bridgehead atoms. The van der Waals surface area contributed by atoms with E-state index in [1.165, 1.54) is 4.90 Å². The van der Waals surface area contributed by atoms with E-state index in [1.807, 2.05) is 26.0 Å². The van der Waals surface area contributed by atoms with Crippen LogP contribution in [0.3, 0.4) is 0 Å². The van der Waals surface area contributed by atoms with Crippen LogP contribution in [0.15, 0.2) is 53.4 Å². The van der Waals surface area contributed by atoms with Crippen molar-refractivity contribution in [1.82, 2.24) is 14.7 Å². The number of hydrogen-bond donors (Lipinski definition) is 1. The van der Waals surface area contributed by atoms with Gasteiger partial charge in [0.25, 0.3) is 11.1 Å². The van der Waals surface area contributed by atoms with Gasteiger partial charge in [-0.1, -0.05) is 11.6 Å². The van der Waals surface area contributed by atoms with Crippen LogP contribution in [0.1, 0.15) is 21.7 Å². The summed E-state index contributed by atoms with van der Waals surface area (Å²) < 4.78 is 1.75. The van der Waals surface area contributed by atoms with Crippen molar-refractivity contribution in [3.8, 4) is 5.69 Å². The first kappa shape index (κ1) is 21.0. The van der Waals surface area contributed by atoms with Gasteiger partial charge in [-0.05, 0) is 74.1 Å². The summed E-state index contributed by atoms with van der Waals surface area (Å²) in [5.41, 5.74) is 3.64. The summed E-state index contributed by atoms with van der Waals surface area (Å²) in [6, 6.07) is 14.3. The van der Waals surface area contributed by atoms with E-state index in [-0.39, 0.29) is 11.1 Å². The monoisotopic (exact) mass is 428 g/mol. The number of aryl methyl sites for hydroxylation is 1. The highest BCUT2D eigenvalue weighted by molar-refractivity contribution is 8.13. The molecule has 0 fully saturated rings. The van der Waals surface area contributed by atoms with E-state index in [1.54, 1.807) is 55.2 Å². The highest BCUT2D eigenvalue weighted by Crippen LogP contribution is 2.24. The molecule has 150 valence electrons. The topological polar surface area (TPSA) is 67.2 Å². The number of halogens is 1. The van der Waals surface area contributed by atoms with E-state index >= 15 is 0 Å². The number of carbonyl (C=O) groups excluding carboxylic acids is 2. The van der Waals surface area contributed by atoms with Crippen LogP contribution in [0, 0.1) is 13.8 Å². The maximum atomic E-state index is 12.5. The summed E-state index contributed by atoms with van der Waals surface area (Å²) >= 11 is 7.34. The number of amides is 2. The molecule has 0 saturated carbocycles. The smallest absolute Gasteiger partial charge is 0.285 e. The van der Waals surface area contributed by atoms with Crippen molar-refractivity contribution < 1.29 is 9.59 Å². The van der Waals surface area contributed by atoms with E-state index in [2.05, 4.69) is 10.4 Å². The summed E-state index contributed by atoms with van der Waals surface area (Å²) in [6.45, 7) is 3.75. The Balaban J connectivity index is 1.68. The third kappa shape index (κ3) is 4.81. The molecule has 8 heteroatoms. The molecule has 0 aliphatic heterocycles. The lowest BCUT2D eigenvalue weighted by atomic mass is 10.2. The molecule has 2 aromatic carbocycles. The van der Waals surface area contributed by atoms with Crippen LogP contribution < -0.4 is 5.32 Å². The van der Waals surface area contributed by atoms with Crippen LogP contribution in [0.5, 0.6) is 0 Å². The summed E-state index contributed by atoms with van der Waals surface area (Å²) in [4.78, 5) is 26.6. The molecule has 2 amide bonds. The quantitative estimate of drug-likeness (QED) is 0.582. The van der Waals surface area contributed by atoms with E-state index in [9.17, 15) is 9.59 Å². The highest BCUT2D eigenvalue weighted by Gasteiger charge is 2.12. The first-order valence-corrected chi connectivity index (χ1v) is 10.1. The van der Waals surface area contributed by atoms with Gasteiger partial charge >= 0.3 is 0 Å². The van der Waals surface area contributed by atoms with Crippen LogP contribution in [-0.4, -0.2) is 39.9 Å². The standard InChI is InChI=1S/C21H21ClN4O2S/c1-13-19(22)14(2)26(24-13)17-9-5-15(6-10-17)20(27)23-16-7-11-18(12-8-16)29-21(28)25(3)4/h5-12H,1-4H3,(H,23,27). The summed E-state index contributed by atoms with van der Waals surface area (Å²) in [6.07, 6.45) is 0. The van der Waals surface area contributed by atoms with Gasteiger partial charge in [-0.25, -0.2) is 4.68 Å². The molecule has 6 nitrogen and oxygen atoms in total. The predicted molar refractivity (Wildman–Crippen MR) is 117 cm³/mol. The number of rotatable bonds is 4. The van der Waals surface area contributed by atoms with Gasteiger partial charge in [-0.2, -0.15) is 5.10 Å². The Kier molecular flexibility index (Phi) is 6.30.